The highest BCUT2D eigenvalue weighted by Crippen LogP contribution is 2.22. The Kier molecular flexibility index (Phi) is 4.71. The van der Waals surface area contributed by atoms with Crippen LogP contribution in [0.3, 0.4) is 0 Å². The van der Waals surface area contributed by atoms with E-state index in [1.807, 2.05) is 57.2 Å². The molecule has 0 spiro atoms. The summed E-state index contributed by atoms with van der Waals surface area (Å²) in [5.74, 6) is -0.0455. The maximum atomic E-state index is 12.2. The summed E-state index contributed by atoms with van der Waals surface area (Å²) in [6.45, 7) is 5.93. The molecule has 0 aliphatic rings. The number of carbonyl (C=O) groups excluding carboxylic acids is 1. The number of nitrogens with one attached hydrogen (secondary N) is 1. The van der Waals surface area contributed by atoms with Gasteiger partial charge in [-0.3, -0.25) is 9.78 Å². The van der Waals surface area contributed by atoms with Gasteiger partial charge in [-0.25, -0.2) is 4.98 Å². The van der Waals surface area contributed by atoms with Gasteiger partial charge in [0.05, 0.1) is 17.1 Å². The summed E-state index contributed by atoms with van der Waals surface area (Å²) in [5, 5.41) is 3.92. The molecule has 0 unspecified atom stereocenters. The topological polar surface area (TPSA) is 54.9 Å². The van der Waals surface area contributed by atoms with Crippen molar-refractivity contribution in [3.63, 3.8) is 0 Å². The number of hydrogen-bond acceptors (Lipinski definition) is 4. The Labute approximate surface area is 145 Å². The summed E-state index contributed by atoms with van der Waals surface area (Å²) in [6, 6.07) is 11.9. The van der Waals surface area contributed by atoms with Crippen LogP contribution in [0.25, 0.3) is 11.1 Å². The first-order chi connectivity index (χ1) is 11.5. The van der Waals surface area contributed by atoms with Gasteiger partial charge in [-0.2, -0.15) is 0 Å². The number of amides is 1. The highest BCUT2D eigenvalue weighted by molar-refractivity contribution is 7.11. The largest absolute Gasteiger partial charge is 0.326 e. The predicted octanol–water partition coefficient (Wildman–Crippen LogP) is 4.31. The number of anilines is 1. The molecule has 3 aromatic rings. The zero-order valence-electron chi connectivity index (χ0n) is 14.0. The Hall–Kier alpha value is -2.53. The molecular weight excluding hydrogens is 318 g/mol. The average Bonchev–Trinajstić information content (AvgIpc) is 2.85. The fraction of sp³-hybridized carbons (Fsp3) is 0.211. The third-order valence-corrected chi connectivity index (χ3v) is 4.65. The molecule has 24 heavy (non-hydrogen) atoms. The first-order valence-corrected chi connectivity index (χ1v) is 8.59. The van der Waals surface area contributed by atoms with Crippen molar-refractivity contribution in [3.05, 3.63) is 63.9 Å². The predicted molar refractivity (Wildman–Crippen MR) is 98.3 cm³/mol. The smallest absolute Gasteiger partial charge is 0.230 e. The van der Waals surface area contributed by atoms with Crippen molar-refractivity contribution in [2.45, 2.75) is 27.2 Å². The van der Waals surface area contributed by atoms with E-state index in [1.165, 1.54) is 0 Å². The molecule has 4 nitrogen and oxygen atoms in total. The molecule has 2 heterocycles. The number of thiazole rings is 1. The van der Waals surface area contributed by atoms with Gasteiger partial charge in [-0.15, -0.1) is 11.3 Å². The van der Waals surface area contributed by atoms with Gasteiger partial charge in [-0.1, -0.05) is 12.1 Å². The lowest BCUT2D eigenvalue weighted by atomic mass is 10.1. The van der Waals surface area contributed by atoms with Crippen molar-refractivity contribution in [2.75, 3.05) is 5.32 Å². The molecule has 0 fully saturated rings. The number of nitrogens with zero attached hydrogens (tertiary/aromatic N) is 2. The molecule has 1 N–H and O–H groups in total. The van der Waals surface area contributed by atoms with Gasteiger partial charge in [-0.05, 0) is 56.2 Å². The average molecular weight is 337 g/mol. The van der Waals surface area contributed by atoms with E-state index in [4.69, 9.17) is 0 Å². The van der Waals surface area contributed by atoms with Crippen LogP contribution in [0.2, 0.25) is 0 Å². The van der Waals surface area contributed by atoms with E-state index < -0.39 is 0 Å². The monoisotopic (exact) mass is 337 g/mol. The summed E-state index contributed by atoms with van der Waals surface area (Å²) < 4.78 is 0. The lowest BCUT2D eigenvalue weighted by Crippen LogP contribution is -2.15. The van der Waals surface area contributed by atoms with Crippen molar-refractivity contribution < 1.29 is 4.79 Å². The molecule has 1 aromatic carbocycles. The van der Waals surface area contributed by atoms with Gasteiger partial charge < -0.3 is 5.32 Å². The minimum atomic E-state index is -0.0455. The Morgan fingerprint density at radius 2 is 1.83 bits per heavy atom. The number of aromatic nitrogens is 2. The molecule has 5 heteroatoms. The van der Waals surface area contributed by atoms with Crippen molar-refractivity contribution in [1.29, 1.82) is 0 Å². The van der Waals surface area contributed by atoms with Crippen molar-refractivity contribution in [1.82, 2.24) is 9.97 Å². The molecule has 1 amide bonds. The highest BCUT2D eigenvalue weighted by atomic mass is 32.1. The lowest BCUT2D eigenvalue weighted by Gasteiger charge is -2.07. The quantitative estimate of drug-likeness (QED) is 0.772. The van der Waals surface area contributed by atoms with Crippen molar-refractivity contribution >= 4 is 22.9 Å². The first-order valence-electron chi connectivity index (χ1n) is 7.77. The molecule has 0 saturated heterocycles. The van der Waals surface area contributed by atoms with Crippen molar-refractivity contribution in [2.24, 2.45) is 0 Å². The molecular formula is C19H19N3OS. The van der Waals surface area contributed by atoms with E-state index in [0.29, 0.717) is 6.42 Å². The third-order valence-electron chi connectivity index (χ3n) is 3.73. The Morgan fingerprint density at radius 3 is 2.46 bits per heavy atom. The molecule has 0 atom stereocenters. The van der Waals surface area contributed by atoms with Crippen molar-refractivity contribution in [3.8, 4) is 11.1 Å². The van der Waals surface area contributed by atoms with Gasteiger partial charge in [0.1, 0.15) is 0 Å². The second kappa shape index (κ2) is 6.93. The van der Waals surface area contributed by atoms with Gasteiger partial charge >= 0.3 is 0 Å². The van der Waals surface area contributed by atoms with E-state index in [0.717, 1.165) is 38.1 Å². The first kappa shape index (κ1) is 16.3. The molecule has 2 aromatic heterocycles. The maximum absolute atomic E-state index is 12.2. The standard InChI is InChI=1S/C19H19N3OS/c1-12-10-16(8-9-20-12)15-4-6-17(7-5-15)22-19(23)11-18-13(2)24-14(3)21-18/h4-10H,11H2,1-3H3,(H,22,23). The second-order valence-electron chi connectivity index (χ2n) is 5.72. The zero-order chi connectivity index (χ0) is 17.1. The van der Waals surface area contributed by atoms with Crippen LogP contribution in [0.5, 0.6) is 0 Å². The minimum absolute atomic E-state index is 0.0455. The molecule has 3 rings (SSSR count). The van der Waals surface area contributed by atoms with Crippen LogP contribution < -0.4 is 5.32 Å². The summed E-state index contributed by atoms with van der Waals surface area (Å²) in [5.41, 5.74) is 4.86. The van der Waals surface area contributed by atoms with Crippen LogP contribution in [0.1, 0.15) is 21.3 Å². The Balaban J connectivity index is 1.68. The third kappa shape index (κ3) is 3.86. The van der Waals surface area contributed by atoms with Gasteiger partial charge in [0, 0.05) is 22.5 Å². The lowest BCUT2D eigenvalue weighted by molar-refractivity contribution is -0.115. The highest BCUT2D eigenvalue weighted by Gasteiger charge is 2.10. The summed E-state index contributed by atoms with van der Waals surface area (Å²) >= 11 is 1.62. The summed E-state index contributed by atoms with van der Waals surface area (Å²) in [4.78, 5) is 21.9. The normalized spacial score (nSPS) is 10.6. The van der Waals surface area contributed by atoms with E-state index >= 15 is 0 Å². The second-order valence-corrected chi connectivity index (χ2v) is 7.13. The Morgan fingerprint density at radius 1 is 1.08 bits per heavy atom. The number of hydrogen-bond donors (Lipinski definition) is 1. The summed E-state index contributed by atoms with van der Waals surface area (Å²) in [7, 11) is 0. The number of rotatable bonds is 4. The van der Waals surface area contributed by atoms with Crippen LogP contribution in [0.15, 0.2) is 42.6 Å². The van der Waals surface area contributed by atoms with Crippen LogP contribution >= 0.6 is 11.3 Å². The number of aryl methyl sites for hydroxylation is 3. The van der Waals surface area contributed by atoms with Gasteiger partial charge in [0.15, 0.2) is 0 Å². The Bertz CT molecular complexity index is 869. The SMILES string of the molecule is Cc1cc(-c2ccc(NC(=O)Cc3nc(C)sc3C)cc2)ccn1. The number of pyridine rings is 1. The van der Waals surface area contributed by atoms with Crippen LogP contribution in [0.4, 0.5) is 5.69 Å². The van der Waals surface area contributed by atoms with Gasteiger partial charge in [0.2, 0.25) is 5.91 Å². The number of benzene rings is 1. The fourth-order valence-corrected chi connectivity index (χ4v) is 3.40. The van der Waals surface area contributed by atoms with Crippen LogP contribution in [-0.2, 0) is 11.2 Å². The molecule has 122 valence electrons. The van der Waals surface area contributed by atoms with Crippen LogP contribution in [-0.4, -0.2) is 15.9 Å². The molecule has 0 aliphatic heterocycles. The van der Waals surface area contributed by atoms with E-state index in [-0.39, 0.29) is 5.91 Å². The van der Waals surface area contributed by atoms with E-state index in [2.05, 4.69) is 15.3 Å². The van der Waals surface area contributed by atoms with Gasteiger partial charge in [0.25, 0.3) is 0 Å². The number of carbonyl (C=O) groups is 1. The van der Waals surface area contributed by atoms with E-state index in [9.17, 15) is 4.79 Å². The fourth-order valence-electron chi connectivity index (χ4n) is 2.56. The summed E-state index contributed by atoms with van der Waals surface area (Å²) in [6.07, 6.45) is 2.11. The minimum Gasteiger partial charge on any atom is -0.326 e. The molecule has 0 radical (unpaired) electrons. The molecule has 0 bridgehead atoms. The maximum Gasteiger partial charge on any atom is 0.230 e. The van der Waals surface area contributed by atoms with Crippen LogP contribution in [0, 0.1) is 20.8 Å². The molecule has 0 aliphatic carbocycles. The zero-order valence-corrected chi connectivity index (χ0v) is 14.8. The van der Waals surface area contributed by atoms with E-state index in [1.54, 1.807) is 17.5 Å². The molecule has 0 saturated carbocycles.